The molecule has 104 valence electrons. The number of fused-ring (bicyclic) bond motifs is 1. The van der Waals surface area contributed by atoms with Crippen molar-refractivity contribution < 1.29 is 5.11 Å². The molecule has 3 unspecified atom stereocenters. The minimum absolute atomic E-state index is 0.481. The minimum atomic E-state index is -0.539. The predicted molar refractivity (Wildman–Crippen MR) is 79.1 cm³/mol. The van der Waals surface area contributed by atoms with Crippen molar-refractivity contribution >= 4 is 0 Å². The highest BCUT2D eigenvalue weighted by Crippen LogP contribution is 2.50. The molecule has 0 radical (unpaired) electrons. The normalized spacial score (nSPS) is 34.3. The molecule has 3 rings (SSSR count). The van der Waals surface area contributed by atoms with E-state index in [1.807, 2.05) is 0 Å². The molecule has 1 fully saturated rings. The molecule has 0 bridgehead atoms. The summed E-state index contributed by atoms with van der Waals surface area (Å²) in [5, 5.41) is 11.4. The SMILES string of the molecule is CCC1CCCCC1C1(O)CCc2ccc(C)cc21. The van der Waals surface area contributed by atoms with Crippen molar-refractivity contribution in [2.45, 2.75) is 64.4 Å². The molecule has 2 aliphatic rings. The van der Waals surface area contributed by atoms with Gasteiger partial charge in [-0.1, -0.05) is 56.4 Å². The first-order valence-corrected chi connectivity index (χ1v) is 7.97. The van der Waals surface area contributed by atoms with Crippen molar-refractivity contribution in [1.29, 1.82) is 0 Å². The molecule has 1 aromatic carbocycles. The summed E-state index contributed by atoms with van der Waals surface area (Å²) in [5.41, 5.74) is 3.37. The lowest BCUT2D eigenvalue weighted by molar-refractivity contribution is -0.0626. The number of hydrogen-bond donors (Lipinski definition) is 1. The summed E-state index contributed by atoms with van der Waals surface area (Å²) in [6.07, 6.45) is 8.38. The van der Waals surface area contributed by atoms with Gasteiger partial charge in [0, 0.05) is 0 Å². The molecule has 1 N–H and O–H groups in total. The number of aliphatic hydroxyl groups is 1. The molecule has 0 aromatic heterocycles. The van der Waals surface area contributed by atoms with Crippen LogP contribution in [0.3, 0.4) is 0 Å². The molecule has 1 heteroatoms. The van der Waals surface area contributed by atoms with E-state index in [1.54, 1.807) is 0 Å². The Labute approximate surface area is 117 Å². The molecule has 3 atom stereocenters. The Morgan fingerprint density at radius 3 is 2.84 bits per heavy atom. The van der Waals surface area contributed by atoms with Gasteiger partial charge in [-0.15, -0.1) is 0 Å². The standard InChI is InChI=1S/C18H26O/c1-3-14-6-4-5-7-16(14)18(19)11-10-15-9-8-13(2)12-17(15)18/h8-9,12,14,16,19H,3-7,10-11H2,1-2H3. The Morgan fingerprint density at radius 2 is 2.05 bits per heavy atom. The fraction of sp³-hybridized carbons (Fsp3) is 0.667. The number of benzene rings is 1. The molecular weight excluding hydrogens is 232 g/mol. The smallest absolute Gasteiger partial charge is 0.0933 e. The Balaban J connectivity index is 1.98. The lowest BCUT2D eigenvalue weighted by Crippen LogP contribution is -2.39. The second kappa shape index (κ2) is 4.94. The first-order chi connectivity index (χ1) is 9.15. The van der Waals surface area contributed by atoms with Gasteiger partial charge in [0.1, 0.15) is 0 Å². The van der Waals surface area contributed by atoms with Gasteiger partial charge in [-0.3, -0.25) is 0 Å². The van der Waals surface area contributed by atoms with E-state index >= 15 is 0 Å². The summed E-state index contributed by atoms with van der Waals surface area (Å²) in [7, 11) is 0. The van der Waals surface area contributed by atoms with Gasteiger partial charge in [-0.2, -0.15) is 0 Å². The number of rotatable bonds is 2. The van der Waals surface area contributed by atoms with Crippen LogP contribution < -0.4 is 0 Å². The van der Waals surface area contributed by atoms with Crippen LogP contribution in [-0.2, 0) is 12.0 Å². The van der Waals surface area contributed by atoms with E-state index in [1.165, 1.54) is 48.8 Å². The van der Waals surface area contributed by atoms with E-state index < -0.39 is 5.60 Å². The number of hydrogen-bond acceptors (Lipinski definition) is 1. The van der Waals surface area contributed by atoms with Gasteiger partial charge in [-0.25, -0.2) is 0 Å². The zero-order chi connectivity index (χ0) is 13.5. The third-order valence-corrected chi connectivity index (χ3v) is 5.55. The van der Waals surface area contributed by atoms with Crippen LogP contribution in [0.15, 0.2) is 18.2 Å². The van der Waals surface area contributed by atoms with Crippen LogP contribution in [0.2, 0.25) is 0 Å². The minimum Gasteiger partial charge on any atom is -0.385 e. The lowest BCUT2D eigenvalue weighted by Gasteiger charge is -2.42. The third kappa shape index (κ3) is 2.12. The van der Waals surface area contributed by atoms with Crippen LogP contribution >= 0.6 is 0 Å². The van der Waals surface area contributed by atoms with Gasteiger partial charge < -0.3 is 5.11 Å². The maximum Gasteiger partial charge on any atom is 0.0933 e. The zero-order valence-electron chi connectivity index (χ0n) is 12.3. The molecule has 0 heterocycles. The summed E-state index contributed by atoms with van der Waals surface area (Å²) >= 11 is 0. The van der Waals surface area contributed by atoms with Gasteiger partial charge in [0.15, 0.2) is 0 Å². The fourth-order valence-electron chi connectivity index (χ4n) is 4.48. The zero-order valence-corrected chi connectivity index (χ0v) is 12.3. The van der Waals surface area contributed by atoms with Crippen molar-refractivity contribution in [2.75, 3.05) is 0 Å². The maximum atomic E-state index is 11.4. The van der Waals surface area contributed by atoms with Gasteiger partial charge in [0.25, 0.3) is 0 Å². The van der Waals surface area contributed by atoms with Crippen molar-refractivity contribution in [3.05, 3.63) is 34.9 Å². The van der Waals surface area contributed by atoms with Crippen molar-refractivity contribution in [2.24, 2.45) is 11.8 Å². The maximum absolute atomic E-state index is 11.4. The second-order valence-electron chi connectivity index (χ2n) is 6.64. The molecule has 1 saturated carbocycles. The highest BCUT2D eigenvalue weighted by atomic mass is 16.3. The van der Waals surface area contributed by atoms with Crippen LogP contribution in [0.1, 0.15) is 62.1 Å². The molecule has 0 amide bonds. The van der Waals surface area contributed by atoms with E-state index in [4.69, 9.17) is 0 Å². The lowest BCUT2D eigenvalue weighted by atomic mass is 9.67. The van der Waals surface area contributed by atoms with E-state index in [9.17, 15) is 5.11 Å². The van der Waals surface area contributed by atoms with E-state index in [2.05, 4.69) is 32.0 Å². The van der Waals surface area contributed by atoms with Gasteiger partial charge in [-0.05, 0) is 49.1 Å². The summed E-state index contributed by atoms with van der Waals surface area (Å²) in [6, 6.07) is 6.65. The van der Waals surface area contributed by atoms with Gasteiger partial charge >= 0.3 is 0 Å². The highest BCUT2D eigenvalue weighted by molar-refractivity contribution is 5.40. The van der Waals surface area contributed by atoms with E-state index in [-0.39, 0.29) is 0 Å². The van der Waals surface area contributed by atoms with Gasteiger partial charge in [0.05, 0.1) is 5.60 Å². The summed E-state index contributed by atoms with van der Waals surface area (Å²) in [6.45, 7) is 4.43. The van der Waals surface area contributed by atoms with Crippen molar-refractivity contribution in [1.82, 2.24) is 0 Å². The first-order valence-electron chi connectivity index (χ1n) is 7.97. The van der Waals surface area contributed by atoms with E-state index in [0.29, 0.717) is 11.8 Å². The molecule has 0 aliphatic heterocycles. The van der Waals surface area contributed by atoms with Crippen molar-refractivity contribution in [3.8, 4) is 0 Å². The molecule has 0 spiro atoms. The van der Waals surface area contributed by atoms with Crippen LogP contribution in [-0.4, -0.2) is 5.11 Å². The molecule has 1 nitrogen and oxygen atoms in total. The fourth-order valence-corrected chi connectivity index (χ4v) is 4.48. The second-order valence-corrected chi connectivity index (χ2v) is 6.64. The monoisotopic (exact) mass is 258 g/mol. The topological polar surface area (TPSA) is 20.2 Å². The van der Waals surface area contributed by atoms with Crippen molar-refractivity contribution in [3.63, 3.8) is 0 Å². The average Bonchev–Trinajstić information content (AvgIpc) is 2.77. The average molecular weight is 258 g/mol. The van der Waals surface area contributed by atoms with Crippen LogP contribution in [0.25, 0.3) is 0 Å². The van der Waals surface area contributed by atoms with E-state index in [0.717, 1.165) is 12.8 Å². The largest absolute Gasteiger partial charge is 0.385 e. The van der Waals surface area contributed by atoms with Gasteiger partial charge in [0.2, 0.25) is 0 Å². The van der Waals surface area contributed by atoms with Crippen LogP contribution in [0.4, 0.5) is 0 Å². The quantitative estimate of drug-likeness (QED) is 0.836. The molecule has 19 heavy (non-hydrogen) atoms. The number of aryl methyl sites for hydroxylation is 2. The molecule has 0 saturated heterocycles. The summed E-state index contributed by atoms with van der Waals surface area (Å²) < 4.78 is 0. The Bertz CT molecular complexity index is 465. The Kier molecular flexibility index (Phi) is 3.42. The molecular formula is C18H26O. The molecule has 2 aliphatic carbocycles. The third-order valence-electron chi connectivity index (χ3n) is 5.55. The Hall–Kier alpha value is -0.820. The molecule has 1 aromatic rings. The summed E-state index contributed by atoms with van der Waals surface area (Å²) in [5.74, 6) is 1.19. The van der Waals surface area contributed by atoms with Crippen LogP contribution in [0.5, 0.6) is 0 Å². The first kappa shape index (κ1) is 13.2. The predicted octanol–water partition coefficient (Wildman–Crippen LogP) is 4.35. The van der Waals surface area contributed by atoms with Crippen LogP contribution in [0, 0.1) is 18.8 Å². The highest BCUT2D eigenvalue weighted by Gasteiger charge is 2.46. The Morgan fingerprint density at radius 1 is 1.26 bits per heavy atom. The summed E-state index contributed by atoms with van der Waals surface area (Å²) in [4.78, 5) is 0.